The van der Waals surface area contributed by atoms with Gasteiger partial charge in [-0.25, -0.2) is 8.78 Å². The van der Waals surface area contributed by atoms with Gasteiger partial charge in [0.2, 0.25) is 0 Å². The Morgan fingerprint density at radius 2 is 1.71 bits per heavy atom. The Hall–Kier alpha value is -1.74. The van der Waals surface area contributed by atoms with Crippen molar-refractivity contribution in [2.24, 2.45) is 0 Å². The minimum Gasteiger partial charge on any atom is -0.310 e. The molecule has 0 fully saturated rings. The number of hydrogen-bond donors (Lipinski definition) is 1. The number of halogens is 2. The lowest BCUT2D eigenvalue weighted by Crippen LogP contribution is -2.22. The molecule has 0 aliphatic carbocycles. The fourth-order valence-electron chi connectivity index (χ4n) is 2.60. The van der Waals surface area contributed by atoms with Crippen molar-refractivity contribution in [1.82, 2.24) is 5.32 Å². The van der Waals surface area contributed by atoms with Crippen molar-refractivity contribution in [3.63, 3.8) is 0 Å². The zero-order valence-electron chi connectivity index (χ0n) is 12.5. The van der Waals surface area contributed by atoms with Crippen LogP contribution in [0.1, 0.15) is 36.1 Å². The second kappa shape index (κ2) is 7.32. The molecule has 2 aromatic carbocycles. The van der Waals surface area contributed by atoms with E-state index in [2.05, 4.69) is 24.4 Å². The zero-order valence-corrected chi connectivity index (χ0v) is 12.5. The molecule has 0 heterocycles. The Morgan fingerprint density at radius 3 is 2.33 bits per heavy atom. The average Bonchev–Trinajstić information content (AvgIpc) is 2.44. The van der Waals surface area contributed by atoms with Crippen LogP contribution in [0.25, 0.3) is 0 Å². The molecule has 0 bridgehead atoms. The quantitative estimate of drug-likeness (QED) is 0.822. The van der Waals surface area contributed by atoms with Gasteiger partial charge in [-0.3, -0.25) is 0 Å². The van der Waals surface area contributed by atoms with Crippen molar-refractivity contribution in [3.8, 4) is 0 Å². The molecule has 1 nitrogen and oxygen atoms in total. The SMILES string of the molecule is CCNC(CCc1ccccc1C)c1cc(F)cc(F)c1. The summed E-state index contributed by atoms with van der Waals surface area (Å²) in [4.78, 5) is 0. The predicted molar refractivity (Wildman–Crippen MR) is 82.3 cm³/mol. The maximum atomic E-state index is 13.4. The lowest BCUT2D eigenvalue weighted by atomic mass is 9.96. The molecule has 2 aromatic rings. The van der Waals surface area contributed by atoms with E-state index in [-0.39, 0.29) is 6.04 Å². The topological polar surface area (TPSA) is 12.0 Å². The maximum absolute atomic E-state index is 13.4. The minimum atomic E-state index is -0.524. The van der Waals surface area contributed by atoms with Crippen molar-refractivity contribution in [3.05, 3.63) is 70.8 Å². The summed E-state index contributed by atoms with van der Waals surface area (Å²) in [5.41, 5.74) is 3.19. The molecule has 0 aliphatic rings. The average molecular weight is 289 g/mol. The number of benzene rings is 2. The van der Waals surface area contributed by atoms with E-state index >= 15 is 0 Å². The third kappa shape index (κ3) is 4.36. The molecule has 0 aliphatic heterocycles. The van der Waals surface area contributed by atoms with E-state index in [1.165, 1.54) is 23.3 Å². The summed E-state index contributed by atoms with van der Waals surface area (Å²) in [6.45, 7) is 4.84. The normalized spacial score (nSPS) is 12.4. The van der Waals surface area contributed by atoms with Gasteiger partial charge < -0.3 is 5.32 Å². The van der Waals surface area contributed by atoms with Crippen LogP contribution in [-0.2, 0) is 6.42 Å². The largest absolute Gasteiger partial charge is 0.310 e. The van der Waals surface area contributed by atoms with Gasteiger partial charge in [0.05, 0.1) is 0 Å². The van der Waals surface area contributed by atoms with E-state index in [9.17, 15) is 8.78 Å². The van der Waals surface area contributed by atoms with Crippen molar-refractivity contribution < 1.29 is 8.78 Å². The molecular formula is C18H21F2N. The van der Waals surface area contributed by atoms with Gasteiger partial charge in [0, 0.05) is 12.1 Å². The lowest BCUT2D eigenvalue weighted by molar-refractivity contribution is 0.503. The summed E-state index contributed by atoms with van der Waals surface area (Å²) in [5.74, 6) is -1.05. The van der Waals surface area contributed by atoms with Gasteiger partial charge >= 0.3 is 0 Å². The Bertz CT molecular complexity index is 575. The molecule has 0 spiro atoms. The van der Waals surface area contributed by atoms with Crippen LogP contribution in [0, 0.1) is 18.6 Å². The van der Waals surface area contributed by atoms with Gasteiger partial charge in [0.25, 0.3) is 0 Å². The summed E-state index contributed by atoms with van der Waals surface area (Å²) in [6, 6.07) is 11.9. The smallest absolute Gasteiger partial charge is 0.126 e. The Kier molecular flexibility index (Phi) is 5.45. The summed E-state index contributed by atoms with van der Waals surface area (Å²) in [6.07, 6.45) is 1.68. The van der Waals surface area contributed by atoms with Gasteiger partial charge in [0.15, 0.2) is 0 Å². The summed E-state index contributed by atoms with van der Waals surface area (Å²) in [5, 5.41) is 3.31. The highest BCUT2D eigenvalue weighted by atomic mass is 19.1. The number of rotatable bonds is 6. The number of aryl methyl sites for hydroxylation is 2. The summed E-state index contributed by atoms with van der Waals surface area (Å²) < 4.78 is 26.8. The van der Waals surface area contributed by atoms with E-state index in [0.29, 0.717) is 5.56 Å². The van der Waals surface area contributed by atoms with Crippen molar-refractivity contribution in [2.75, 3.05) is 6.54 Å². The second-order valence-corrected chi connectivity index (χ2v) is 5.28. The van der Waals surface area contributed by atoms with Gasteiger partial charge in [-0.15, -0.1) is 0 Å². The minimum absolute atomic E-state index is 0.0418. The van der Waals surface area contributed by atoms with E-state index in [1.54, 1.807) is 0 Å². The molecule has 2 rings (SSSR count). The highest BCUT2D eigenvalue weighted by Crippen LogP contribution is 2.22. The van der Waals surface area contributed by atoms with Crippen LogP contribution < -0.4 is 5.32 Å². The second-order valence-electron chi connectivity index (χ2n) is 5.28. The fraction of sp³-hybridized carbons (Fsp3) is 0.333. The molecule has 0 saturated heterocycles. The molecule has 0 saturated carbocycles. The molecular weight excluding hydrogens is 268 g/mol. The van der Waals surface area contributed by atoms with Gasteiger partial charge in [-0.05, 0) is 55.1 Å². The standard InChI is InChI=1S/C18H21F2N/c1-3-21-18(15-10-16(19)12-17(20)11-15)9-8-14-7-5-4-6-13(14)2/h4-7,10-12,18,21H,3,8-9H2,1-2H3. The van der Waals surface area contributed by atoms with Crippen LogP contribution in [0.15, 0.2) is 42.5 Å². The molecule has 1 unspecified atom stereocenters. The van der Waals surface area contributed by atoms with E-state index in [1.807, 2.05) is 19.1 Å². The number of nitrogens with one attached hydrogen (secondary N) is 1. The Morgan fingerprint density at radius 1 is 1.05 bits per heavy atom. The van der Waals surface area contributed by atoms with E-state index < -0.39 is 11.6 Å². The first kappa shape index (κ1) is 15.6. The van der Waals surface area contributed by atoms with Crippen LogP contribution in [0.2, 0.25) is 0 Å². The fourth-order valence-corrected chi connectivity index (χ4v) is 2.60. The highest BCUT2D eigenvalue weighted by molar-refractivity contribution is 5.27. The van der Waals surface area contributed by atoms with Crippen LogP contribution in [-0.4, -0.2) is 6.54 Å². The molecule has 0 amide bonds. The first-order valence-electron chi connectivity index (χ1n) is 7.34. The van der Waals surface area contributed by atoms with Gasteiger partial charge in [-0.2, -0.15) is 0 Å². The monoisotopic (exact) mass is 289 g/mol. The lowest BCUT2D eigenvalue weighted by Gasteiger charge is -2.19. The van der Waals surface area contributed by atoms with Gasteiger partial charge in [0.1, 0.15) is 11.6 Å². The van der Waals surface area contributed by atoms with E-state index in [0.717, 1.165) is 25.5 Å². The third-order valence-electron chi connectivity index (χ3n) is 3.70. The predicted octanol–water partition coefficient (Wildman–Crippen LogP) is 4.56. The number of hydrogen-bond acceptors (Lipinski definition) is 1. The van der Waals surface area contributed by atoms with Crippen molar-refractivity contribution in [1.29, 1.82) is 0 Å². The summed E-state index contributed by atoms with van der Waals surface area (Å²) >= 11 is 0. The van der Waals surface area contributed by atoms with Crippen LogP contribution in [0.4, 0.5) is 8.78 Å². The first-order valence-corrected chi connectivity index (χ1v) is 7.34. The molecule has 3 heteroatoms. The summed E-state index contributed by atoms with van der Waals surface area (Å²) in [7, 11) is 0. The molecule has 0 aromatic heterocycles. The molecule has 112 valence electrons. The molecule has 1 N–H and O–H groups in total. The van der Waals surface area contributed by atoms with Crippen LogP contribution in [0.3, 0.4) is 0 Å². The highest BCUT2D eigenvalue weighted by Gasteiger charge is 2.13. The zero-order chi connectivity index (χ0) is 15.2. The van der Waals surface area contributed by atoms with Gasteiger partial charge in [-0.1, -0.05) is 31.2 Å². The van der Waals surface area contributed by atoms with Crippen molar-refractivity contribution >= 4 is 0 Å². The Labute approximate surface area is 125 Å². The first-order chi connectivity index (χ1) is 10.1. The van der Waals surface area contributed by atoms with E-state index in [4.69, 9.17) is 0 Å². The van der Waals surface area contributed by atoms with Crippen LogP contribution >= 0.6 is 0 Å². The third-order valence-corrected chi connectivity index (χ3v) is 3.70. The Balaban J connectivity index is 2.14. The maximum Gasteiger partial charge on any atom is 0.126 e. The van der Waals surface area contributed by atoms with Crippen molar-refractivity contribution in [2.45, 2.75) is 32.7 Å². The molecule has 21 heavy (non-hydrogen) atoms. The molecule has 1 atom stereocenters. The van der Waals surface area contributed by atoms with Crippen LogP contribution in [0.5, 0.6) is 0 Å². The molecule has 0 radical (unpaired) electrons.